The van der Waals surface area contributed by atoms with E-state index < -0.39 is 0 Å². The third-order valence-corrected chi connectivity index (χ3v) is 5.45. The van der Waals surface area contributed by atoms with Crippen molar-refractivity contribution in [1.82, 2.24) is 15.0 Å². The zero-order valence-corrected chi connectivity index (χ0v) is 18.7. The number of benzene rings is 2. The molecule has 0 aliphatic carbocycles. The van der Waals surface area contributed by atoms with Gasteiger partial charge in [-0.05, 0) is 62.4 Å². The lowest BCUT2D eigenvalue weighted by molar-refractivity contribution is -0.115. The van der Waals surface area contributed by atoms with E-state index in [2.05, 4.69) is 25.6 Å². The van der Waals surface area contributed by atoms with Crippen LogP contribution in [-0.2, 0) is 10.5 Å². The third kappa shape index (κ3) is 7.01. The number of carbonyl (C=O) groups excluding carboxylic acids is 1. The lowest BCUT2D eigenvalue weighted by atomic mass is 10.3. The maximum Gasteiger partial charge on any atom is 0.237 e. The van der Waals surface area contributed by atoms with Crippen LogP contribution >= 0.6 is 23.4 Å². The molecule has 0 fully saturated rings. The average Bonchev–Trinajstić information content (AvgIpc) is 2.75. The van der Waals surface area contributed by atoms with Gasteiger partial charge in [-0.15, -0.1) is 11.8 Å². The summed E-state index contributed by atoms with van der Waals surface area (Å²) < 4.78 is 5.41. The second-order valence-electron chi connectivity index (χ2n) is 6.47. The van der Waals surface area contributed by atoms with Gasteiger partial charge >= 0.3 is 0 Å². The molecule has 0 spiro atoms. The van der Waals surface area contributed by atoms with Gasteiger partial charge in [0.2, 0.25) is 17.8 Å². The first kappa shape index (κ1) is 22.6. The third-order valence-electron chi connectivity index (χ3n) is 4.06. The van der Waals surface area contributed by atoms with Crippen molar-refractivity contribution in [2.75, 3.05) is 23.0 Å². The van der Waals surface area contributed by atoms with E-state index >= 15 is 0 Å². The van der Waals surface area contributed by atoms with E-state index in [1.165, 1.54) is 11.8 Å². The molecular weight excluding hydrogens is 436 g/mol. The predicted molar refractivity (Wildman–Crippen MR) is 126 cm³/mol. The van der Waals surface area contributed by atoms with Gasteiger partial charge in [0.15, 0.2) is 0 Å². The van der Waals surface area contributed by atoms with Crippen molar-refractivity contribution in [1.29, 1.82) is 0 Å². The number of thioether (sulfide) groups is 1. The molecule has 0 saturated carbocycles. The monoisotopic (exact) mass is 458 g/mol. The van der Waals surface area contributed by atoms with E-state index in [4.69, 9.17) is 22.1 Å². The van der Waals surface area contributed by atoms with E-state index in [1.807, 2.05) is 50.2 Å². The number of amides is 1. The van der Waals surface area contributed by atoms with Crippen LogP contribution < -0.4 is 21.1 Å². The Morgan fingerprint density at radius 3 is 2.45 bits per heavy atom. The van der Waals surface area contributed by atoms with Crippen molar-refractivity contribution < 1.29 is 9.53 Å². The molecule has 2 aromatic carbocycles. The number of anilines is 4. The average molecular weight is 459 g/mol. The summed E-state index contributed by atoms with van der Waals surface area (Å²) in [5, 5.41) is 6.27. The molecule has 8 nitrogen and oxygen atoms in total. The van der Waals surface area contributed by atoms with Gasteiger partial charge in [-0.25, -0.2) is 0 Å². The van der Waals surface area contributed by atoms with Gasteiger partial charge < -0.3 is 21.1 Å². The number of nitrogens with two attached hydrogens (primary N) is 1. The number of hydrogen-bond donors (Lipinski definition) is 3. The summed E-state index contributed by atoms with van der Waals surface area (Å²) in [5.41, 5.74) is 7.30. The Bertz CT molecular complexity index is 1020. The summed E-state index contributed by atoms with van der Waals surface area (Å²) in [6.07, 6.45) is 0. The summed E-state index contributed by atoms with van der Waals surface area (Å²) in [6.45, 7) is 4.34. The fourth-order valence-electron chi connectivity index (χ4n) is 2.54. The van der Waals surface area contributed by atoms with E-state index in [-0.39, 0.29) is 17.1 Å². The summed E-state index contributed by atoms with van der Waals surface area (Å²) in [5.74, 6) is 1.97. The van der Waals surface area contributed by atoms with Gasteiger partial charge in [-0.1, -0.05) is 11.6 Å². The fraction of sp³-hybridized carbons (Fsp3) is 0.238. The van der Waals surface area contributed by atoms with E-state index in [9.17, 15) is 4.79 Å². The lowest BCUT2D eigenvalue weighted by Gasteiger charge is -2.13. The smallest absolute Gasteiger partial charge is 0.237 e. The van der Waals surface area contributed by atoms with Crippen molar-refractivity contribution in [3.8, 4) is 5.75 Å². The second kappa shape index (κ2) is 10.8. The standard InChI is InChI=1S/C21H23ClN6O2S/c1-3-30-17-10-8-15(9-11-17)24-19(29)13(2)31-12-18-26-20(23)28-21(27-18)25-16-6-4-14(22)5-7-16/h4-11,13H,3,12H2,1-2H3,(H,24,29)(H3,23,25,26,27,28)/t13-/m0/s1. The number of carbonyl (C=O) groups is 1. The molecule has 0 aliphatic heterocycles. The number of hydrogen-bond acceptors (Lipinski definition) is 8. The van der Waals surface area contributed by atoms with E-state index in [0.717, 1.165) is 11.4 Å². The van der Waals surface area contributed by atoms with Crippen molar-refractivity contribution in [2.45, 2.75) is 24.9 Å². The van der Waals surface area contributed by atoms with Gasteiger partial charge in [0.05, 0.1) is 17.6 Å². The first-order chi connectivity index (χ1) is 14.9. The molecule has 3 aromatic rings. The SMILES string of the molecule is CCOc1ccc(NC(=O)[C@H](C)SCc2nc(N)nc(Nc3ccc(Cl)cc3)n2)cc1. The van der Waals surface area contributed by atoms with E-state index in [0.29, 0.717) is 34.8 Å². The lowest BCUT2D eigenvalue weighted by Crippen LogP contribution is -2.22. The van der Waals surface area contributed by atoms with Gasteiger partial charge in [0.25, 0.3) is 0 Å². The van der Waals surface area contributed by atoms with Gasteiger partial charge in [-0.2, -0.15) is 15.0 Å². The summed E-state index contributed by atoms with van der Waals surface area (Å²) in [4.78, 5) is 25.1. The minimum absolute atomic E-state index is 0.105. The molecule has 3 rings (SSSR count). The molecule has 4 N–H and O–H groups in total. The maximum atomic E-state index is 12.5. The fourth-order valence-corrected chi connectivity index (χ4v) is 3.41. The number of rotatable bonds is 9. The number of nitrogen functional groups attached to an aromatic ring is 1. The number of nitrogens with one attached hydrogen (secondary N) is 2. The molecule has 162 valence electrons. The first-order valence-corrected chi connectivity index (χ1v) is 11.0. The van der Waals surface area contributed by atoms with Gasteiger partial charge in [0, 0.05) is 16.4 Å². The molecule has 0 unspecified atom stereocenters. The molecule has 1 heterocycles. The molecule has 1 aromatic heterocycles. The van der Waals surface area contributed by atoms with Crippen LogP contribution in [0.2, 0.25) is 5.02 Å². The summed E-state index contributed by atoms with van der Waals surface area (Å²) >= 11 is 7.31. The van der Waals surface area contributed by atoms with Gasteiger partial charge in [0.1, 0.15) is 11.6 Å². The van der Waals surface area contributed by atoms with Crippen LogP contribution in [0.4, 0.5) is 23.3 Å². The second-order valence-corrected chi connectivity index (χ2v) is 8.23. The van der Waals surface area contributed by atoms with Crippen LogP contribution in [0, 0.1) is 0 Å². The quantitative estimate of drug-likeness (QED) is 0.429. The van der Waals surface area contributed by atoms with Crippen molar-refractivity contribution in [3.63, 3.8) is 0 Å². The first-order valence-electron chi connectivity index (χ1n) is 9.61. The molecular formula is C21H23ClN6O2S. The van der Waals surface area contributed by atoms with E-state index in [1.54, 1.807) is 12.1 Å². The Morgan fingerprint density at radius 1 is 1.10 bits per heavy atom. The minimum Gasteiger partial charge on any atom is -0.494 e. The highest BCUT2D eigenvalue weighted by Crippen LogP contribution is 2.21. The molecule has 0 saturated heterocycles. The number of nitrogens with zero attached hydrogens (tertiary/aromatic N) is 3. The van der Waals surface area contributed by atoms with Crippen LogP contribution in [-0.4, -0.2) is 32.7 Å². The highest BCUT2D eigenvalue weighted by Gasteiger charge is 2.15. The molecule has 1 atom stereocenters. The Morgan fingerprint density at radius 2 is 1.77 bits per heavy atom. The molecule has 31 heavy (non-hydrogen) atoms. The van der Waals surface area contributed by atoms with Crippen LogP contribution in [0.1, 0.15) is 19.7 Å². The zero-order valence-electron chi connectivity index (χ0n) is 17.1. The highest BCUT2D eigenvalue weighted by molar-refractivity contribution is 7.99. The van der Waals surface area contributed by atoms with Gasteiger partial charge in [-0.3, -0.25) is 4.79 Å². The molecule has 0 bridgehead atoms. The molecule has 0 radical (unpaired) electrons. The Hall–Kier alpha value is -3.04. The largest absolute Gasteiger partial charge is 0.494 e. The normalized spacial score (nSPS) is 11.6. The highest BCUT2D eigenvalue weighted by atomic mass is 35.5. The van der Waals surface area contributed by atoms with Crippen LogP contribution in [0.3, 0.4) is 0 Å². The molecule has 0 aliphatic rings. The number of aromatic nitrogens is 3. The van der Waals surface area contributed by atoms with Crippen molar-refractivity contribution >= 4 is 52.5 Å². The molecule has 1 amide bonds. The summed E-state index contributed by atoms with van der Waals surface area (Å²) in [7, 11) is 0. The Kier molecular flexibility index (Phi) is 7.91. The molecule has 10 heteroatoms. The van der Waals surface area contributed by atoms with Crippen LogP contribution in [0.15, 0.2) is 48.5 Å². The van der Waals surface area contributed by atoms with Crippen LogP contribution in [0.5, 0.6) is 5.75 Å². The Labute approximate surface area is 190 Å². The zero-order chi connectivity index (χ0) is 22.2. The number of halogens is 1. The van der Waals surface area contributed by atoms with Crippen LogP contribution in [0.25, 0.3) is 0 Å². The van der Waals surface area contributed by atoms with Crippen molar-refractivity contribution in [3.05, 3.63) is 59.4 Å². The topological polar surface area (TPSA) is 115 Å². The predicted octanol–water partition coefficient (Wildman–Crippen LogP) is 4.51. The maximum absolute atomic E-state index is 12.5. The van der Waals surface area contributed by atoms with Crippen molar-refractivity contribution in [2.24, 2.45) is 0 Å². The minimum atomic E-state index is -0.322. The Balaban J connectivity index is 1.56. The number of ether oxygens (including phenoxy) is 1. The summed E-state index contributed by atoms with van der Waals surface area (Å²) in [6, 6.07) is 14.4.